The number of amides is 1. The van der Waals surface area contributed by atoms with Crippen molar-refractivity contribution in [2.45, 2.75) is 18.7 Å². The molecule has 1 N–H and O–H groups in total. The van der Waals surface area contributed by atoms with Crippen LogP contribution < -0.4 is 5.32 Å². The van der Waals surface area contributed by atoms with Gasteiger partial charge in [0.25, 0.3) is 5.91 Å². The van der Waals surface area contributed by atoms with E-state index in [9.17, 15) is 4.79 Å². The summed E-state index contributed by atoms with van der Waals surface area (Å²) in [6.07, 6.45) is 1.66. The third kappa shape index (κ3) is 3.52. The number of carbonyl (C=O) groups excluding carboxylic acids is 1. The summed E-state index contributed by atoms with van der Waals surface area (Å²) >= 11 is 7.66. The number of aromatic nitrogens is 2. The van der Waals surface area contributed by atoms with E-state index in [0.29, 0.717) is 11.4 Å². The number of nitrogens with zero attached hydrogens (tertiary/aromatic N) is 2. The highest BCUT2D eigenvalue weighted by Gasteiger charge is 2.16. The van der Waals surface area contributed by atoms with Crippen LogP contribution in [0, 0.1) is 6.92 Å². The molecule has 24 heavy (non-hydrogen) atoms. The molecule has 0 saturated carbocycles. The number of thioether (sulfide) groups is 1. The van der Waals surface area contributed by atoms with Crippen LogP contribution in [0.5, 0.6) is 0 Å². The van der Waals surface area contributed by atoms with Gasteiger partial charge in [-0.05, 0) is 36.4 Å². The number of aryl methyl sites for hydroxylation is 1. The highest BCUT2D eigenvalue weighted by molar-refractivity contribution is 7.99. The molecule has 0 aliphatic heterocycles. The van der Waals surface area contributed by atoms with Crippen LogP contribution in [0.1, 0.15) is 23.0 Å². The summed E-state index contributed by atoms with van der Waals surface area (Å²) in [7, 11) is 0. The second kappa shape index (κ2) is 7.20. The van der Waals surface area contributed by atoms with Crippen molar-refractivity contribution in [2.75, 3.05) is 11.1 Å². The van der Waals surface area contributed by atoms with Crippen molar-refractivity contribution >= 4 is 45.9 Å². The minimum absolute atomic E-state index is 0.263. The van der Waals surface area contributed by atoms with Gasteiger partial charge in [-0.15, -0.1) is 11.8 Å². The van der Waals surface area contributed by atoms with Crippen LogP contribution >= 0.6 is 23.4 Å². The lowest BCUT2D eigenvalue weighted by molar-refractivity contribution is 0.101. The normalized spacial score (nSPS) is 10.8. The average molecular weight is 358 g/mol. The smallest absolute Gasteiger partial charge is 0.275 e. The van der Waals surface area contributed by atoms with Crippen molar-refractivity contribution < 1.29 is 4.79 Å². The van der Waals surface area contributed by atoms with E-state index in [1.807, 2.05) is 44.2 Å². The summed E-state index contributed by atoms with van der Waals surface area (Å²) in [5, 5.41) is 4.10. The first-order valence-corrected chi connectivity index (χ1v) is 8.91. The number of halogens is 1. The van der Waals surface area contributed by atoms with Gasteiger partial charge in [-0.25, -0.2) is 9.97 Å². The minimum atomic E-state index is -0.286. The molecule has 6 heteroatoms. The Labute approximate surface area is 149 Å². The molecule has 2 heterocycles. The lowest BCUT2D eigenvalue weighted by Gasteiger charge is -2.11. The molecule has 0 radical (unpaired) electrons. The van der Waals surface area contributed by atoms with Gasteiger partial charge >= 0.3 is 0 Å². The summed E-state index contributed by atoms with van der Waals surface area (Å²) in [6, 6.07) is 11.6. The Morgan fingerprint density at radius 3 is 2.88 bits per heavy atom. The van der Waals surface area contributed by atoms with Crippen molar-refractivity contribution in [3.63, 3.8) is 0 Å². The number of nitrogens with one attached hydrogen (secondary N) is 1. The zero-order valence-corrected chi connectivity index (χ0v) is 14.9. The molecule has 0 atom stereocenters. The Kier molecular flexibility index (Phi) is 5.02. The van der Waals surface area contributed by atoms with Crippen molar-refractivity contribution in [3.05, 3.63) is 59.0 Å². The molecule has 4 nitrogen and oxygen atoms in total. The summed E-state index contributed by atoms with van der Waals surface area (Å²) in [5.41, 5.74) is 2.60. The van der Waals surface area contributed by atoms with E-state index in [4.69, 9.17) is 11.6 Å². The van der Waals surface area contributed by atoms with Crippen LogP contribution in [0.25, 0.3) is 10.9 Å². The van der Waals surface area contributed by atoms with E-state index in [-0.39, 0.29) is 11.1 Å². The van der Waals surface area contributed by atoms with Gasteiger partial charge in [-0.3, -0.25) is 4.79 Å². The van der Waals surface area contributed by atoms with Gasteiger partial charge in [0.1, 0.15) is 5.69 Å². The molecule has 3 aromatic rings. The van der Waals surface area contributed by atoms with Crippen LogP contribution in [0.15, 0.2) is 47.5 Å². The molecule has 0 unspecified atom stereocenters. The average Bonchev–Trinajstić information content (AvgIpc) is 2.58. The number of para-hydroxylation sites is 1. The molecule has 0 saturated heterocycles. The zero-order valence-electron chi connectivity index (χ0n) is 13.3. The maximum absolute atomic E-state index is 12.7. The molecule has 1 aromatic carbocycles. The second-order valence-electron chi connectivity index (χ2n) is 5.27. The number of pyridine rings is 2. The van der Waals surface area contributed by atoms with Gasteiger partial charge in [0.15, 0.2) is 5.15 Å². The number of anilines is 1. The van der Waals surface area contributed by atoms with E-state index < -0.39 is 0 Å². The SMILES string of the molecule is CCSc1cc2ccccc2nc1C(=O)Nc1cc(C)cnc1Cl. The Bertz CT molecular complexity index is 914. The molecular formula is C18H16ClN3OS. The fourth-order valence-electron chi connectivity index (χ4n) is 2.35. The molecule has 0 spiro atoms. The number of rotatable bonds is 4. The predicted octanol–water partition coefficient (Wildman–Crippen LogP) is 4.96. The van der Waals surface area contributed by atoms with E-state index in [0.717, 1.165) is 27.1 Å². The molecule has 3 rings (SSSR count). The molecule has 1 amide bonds. The third-order valence-electron chi connectivity index (χ3n) is 3.43. The standard InChI is InChI=1S/C18H16ClN3OS/c1-3-24-15-9-12-6-4-5-7-13(12)21-16(15)18(23)22-14-8-11(2)10-20-17(14)19/h4-10H,3H2,1-2H3,(H,22,23). The maximum atomic E-state index is 12.7. The maximum Gasteiger partial charge on any atom is 0.275 e. The minimum Gasteiger partial charge on any atom is -0.318 e. The summed E-state index contributed by atoms with van der Waals surface area (Å²) in [6.45, 7) is 3.94. The van der Waals surface area contributed by atoms with Gasteiger partial charge in [0, 0.05) is 16.5 Å². The second-order valence-corrected chi connectivity index (χ2v) is 6.93. The van der Waals surface area contributed by atoms with E-state index in [1.54, 1.807) is 24.0 Å². The van der Waals surface area contributed by atoms with E-state index >= 15 is 0 Å². The fraction of sp³-hybridized carbons (Fsp3) is 0.167. The van der Waals surface area contributed by atoms with Crippen molar-refractivity contribution in [2.24, 2.45) is 0 Å². The first-order chi connectivity index (χ1) is 11.6. The van der Waals surface area contributed by atoms with Crippen LogP contribution in [-0.2, 0) is 0 Å². The Morgan fingerprint density at radius 2 is 2.08 bits per heavy atom. The highest BCUT2D eigenvalue weighted by Crippen LogP contribution is 2.27. The number of carbonyl (C=O) groups is 1. The quantitative estimate of drug-likeness (QED) is 0.530. The molecular weight excluding hydrogens is 342 g/mol. The van der Waals surface area contributed by atoms with Gasteiger partial charge in [0.05, 0.1) is 11.2 Å². The molecule has 0 aliphatic carbocycles. The number of fused-ring (bicyclic) bond motifs is 1. The highest BCUT2D eigenvalue weighted by atomic mass is 35.5. The summed E-state index contributed by atoms with van der Waals surface area (Å²) in [5.74, 6) is 0.568. The van der Waals surface area contributed by atoms with Crippen LogP contribution in [-0.4, -0.2) is 21.6 Å². The number of hydrogen-bond donors (Lipinski definition) is 1. The first-order valence-electron chi connectivity index (χ1n) is 7.54. The summed E-state index contributed by atoms with van der Waals surface area (Å²) < 4.78 is 0. The van der Waals surface area contributed by atoms with E-state index in [2.05, 4.69) is 15.3 Å². The van der Waals surface area contributed by atoms with Crippen molar-refractivity contribution in [1.29, 1.82) is 0 Å². The summed E-state index contributed by atoms with van der Waals surface area (Å²) in [4.78, 5) is 22.2. The van der Waals surface area contributed by atoms with Crippen molar-refractivity contribution in [3.8, 4) is 0 Å². The molecule has 122 valence electrons. The Hall–Kier alpha value is -2.11. The van der Waals surface area contributed by atoms with Crippen LogP contribution in [0.4, 0.5) is 5.69 Å². The molecule has 0 fully saturated rings. The van der Waals surface area contributed by atoms with Crippen LogP contribution in [0.2, 0.25) is 5.15 Å². The lowest BCUT2D eigenvalue weighted by Crippen LogP contribution is -2.16. The zero-order chi connectivity index (χ0) is 17.1. The molecule has 0 aliphatic rings. The van der Waals surface area contributed by atoms with Gasteiger partial charge in [-0.1, -0.05) is 36.7 Å². The van der Waals surface area contributed by atoms with E-state index in [1.165, 1.54) is 0 Å². The van der Waals surface area contributed by atoms with Crippen LogP contribution in [0.3, 0.4) is 0 Å². The third-order valence-corrected chi connectivity index (χ3v) is 4.64. The molecule has 0 bridgehead atoms. The topological polar surface area (TPSA) is 54.9 Å². The van der Waals surface area contributed by atoms with Crippen molar-refractivity contribution in [1.82, 2.24) is 9.97 Å². The lowest BCUT2D eigenvalue weighted by atomic mass is 10.2. The largest absolute Gasteiger partial charge is 0.318 e. The predicted molar refractivity (Wildman–Crippen MR) is 100 cm³/mol. The Balaban J connectivity index is 2.01. The van der Waals surface area contributed by atoms with Gasteiger partial charge in [-0.2, -0.15) is 0 Å². The van der Waals surface area contributed by atoms with Gasteiger partial charge in [0.2, 0.25) is 0 Å². The first kappa shape index (κ1) is 16.7. The number of hydrogen-bond acceptors (Lipinski definition) is 4. The molecule has 2 aromatic heterocycles. The monoisotopic (exact) mass is 357 g/mol. The number of benzene rings is 1. The fourth-order valence-corrected chi connectivity index (χ4v) is 3.29. The van der Waals surface area contributed by atoms with Gasteiger partial charge < -0.3 is 5.32 Å². The Morgan fingerprint density at radius 1 is 1.29 bits per heavy atom.